The van der Waals surface area contributed by atoms with Crippen molar-refractivity contribution < 1.29 is 14.3 Å². The number of anilines is 1. The van der Waals surface area contributed by atoms with E-state index in [0.717, 1.165) is 30.6 Å². The molecule has 1 heterocycles. The zero-order valence-corrected chi connectivity index (χ0v) is 16.5. The topological polar surface area (TPSA) is 93.2 Å². The first-order valence-corrected chi connectivity index (χ1v) is 9.92. The minimum atomic E-state index is -0.577. The summed E-state index contributed by atoms with van der Waals surface area (Å²) in [7, 11) is 1.61. The van der Waals surface area contributed by atoms with Crippen LogP contribution in [0, 0.1) is 11.8 Å². The molecule has 2 atom stereocenters. The van der Waals surface area contributed by atoms with Gasteiger partial charge in [0.25, 0.3) is 0 Å². The number of benzene rings is 1. The zero-order chi connectivity index (χ0) is 19.4. The molecule has 2 amide bonds. The SMILES string of the molecule is CC[C@@H](C)[C@H](NC(=O)C1CC1)C(=O)Nc1nnc(-c2cccc(OC)c2)s1. The van der Waals surface area contributed by atoms with Crippen molar-refractivity contribution in [1.29, 1.82) is 0 Å². The van der Waals surface area contributed by atoms with Gasteiger partial charge in [-0.05, 0) is 30.9 Å². The molecular formula is C19H24N4O3S. The molecule has 7 nitrogen and oxygen atoms in total. The Balaban J connectivity index is 1.69. The molecule has 8 heteroatoms. The fraction of sp³-hybridized carbons (Fsp3) is 0.474. The van der Waals surface area contributed by atoms with Crippen LogP contribution in [0.1, 0.15) is 33.1 Å². The molecule has 0 radical (unpaired) electrons. The van der Waals surface area contributed by atoms with Crippen LogP contribution in [0.2, 0.25) is 0 Å². The van der Waals surface area contributed by atoms with Crippen LogP contribution in [0.15, 0.2) is 24.3 Å². The highest BCUT2D eigenvalue weighted by Crippen LogP contribution is 2.30. The Bertz CT molecular complexity index is 819. The molecule has 2 aromatic rings. The summed E-state index contributed by atoms with van der Waals surface area (Å²) in [6.45, 7) is 3.96. The second kappa shape index (κ2) is 8.47. The van der Waals surface area contributed by atoms with E-state index in [-0.39, 0.29) is 23.7 Å². The maximum absolute atomic E-state index is 12.7. The van der Waals surface area contributed by atoms with Crippen LogP contribution < -0.4 is 15.4 Å². The Hall–Kier alpha value is -2.48. The van der Waals surface area contributed by atoms with Crippen molar-refractivity contribution in [3.05, 3.63) is 24.3 Å². The molecule has 1 aliphatic rings. The minimum Gasteiger partial charge on any atom is -0.497 e. The quantitative estimate of drug-likeness (QED) is 0.725. The average Bonchev–Trinajstić information content (AvgIpc) is 3.44. The first-order chi connectivity index (χ1) is 13.0. The van der Waals surface area contributed by atoms with E-state index in [1.54, 1.807) is 7.11 Å². The smallest absolute Gasteiger partial charge is 0.249 e. The van der Waals surface area contributed by atoms with Crippen LogP contribution in [-0.2, 0) is 9.59 Å². The summed E-state index contributed by atoms with van der Waals surface area (Å²) in [5.74, 6) is 0.522. The highest BCUT2D eigenvalue weighted by Gasteiger charge is 2.34. The number of amides is 2. The molecule has 0 saturated heterocycles. The first kappa shape index (κ1) is 19.3. The number of nitrogens with one attached hydrogen (secondary N) is 2. The second-order valence-electron chi connectivity index (χ2n) is 6.78. The van der Waals surface area contributed by atoms with E-state index in [1.165, 1.54) is 11.3 Å². The molecule has 1 aromatic heterocycles. The summed E-state index contributed by atoms with van der Waals surface area (Å²) >= 11 is 1.29. The summed E-state index contributed by atoms with van der Waals surface area (Å²) in [6, 6.07) is 6.93. The summed E-state index contributed by atoms with van der Waals surface area (Å²) in [5, 5.41) is 15.0. The van der Waals surface area contributed by atoms with E-state index in [2.05, 4.69) is 20.8 Å². The summed E-state index contributed by atoms with van der Waals surface area (Å²) in [6.07, 6.45) is 2.59. The maximum atomic E-state index is 12.7. The van der Waals surface area contributed by atoms with Crippen LogP contribution in [-0.4, -0.2) is 35.2 Å². The third kappa shape index (κ3) is 4.82. The molecule has 144 valence electrons. The van der Waals surface area contributed by atoms with Gasteiger partial charge in [0.1, 0.15) is 16.8 Å². The lowest BCUT2D eigenvalue weighted by atomic mass is 9.98. The van der Waals surface area contributed by atoms with Gasteiger partial charge < -0.3 is 10.1 Å². The monoisotopic (exact) mass is 388 g/mol. The van der Waals surface area contributed by atoms with Crippen LogP contribution in [0.3, 0.4) is 0 Å². The minimum absolute atomic E-state index is 0.0264. The Morgan fingerprint density at radius 2 is 2.11 bits per heavy atom. The first-order valence-electron chi connectivity index (χ1n) is 9.11. The van der Waals surface area contributed by atoms with Crippen LogP contribution >= 0.6 is 11.3 Å². The third-order valence-corrected chi connectivity index (χ3v) is 5.60. The van der Waals surface area contributed by atoms with E-state index >= 15 is 0 Å². The highest BCUT2D eigenvalue weighted by atomic mass is 32.1. The average molecular weight is 388 g/mol. The second-order valence-corrected chi connectivity index (χ2v) is 7.76. The Kier molecular flexibility index (Phi) is 6.05. The number of hydrogen-bond donors (Lipinski definition) is 2. The van der Waals surface area contributed by atoms with Gasteiger partial charge in [-0.1, -0.05) is 43.7 Å². The van der Waals surface area contributed by atoms with Gasteiger partial charge in [0.2, 0.25) is 16.9 Å². The van der Waals surface area contributed by atoms with Crippen molar-refractivity contribution >= 4 is 28.3 Å². The fourth-order valence-electron chi connectivity index (χ4n) is 2.65. The predicted octanol–water partition coefficient (Wildman–Crippen LogP) is 3.09. The summed E-state index contributed by atoms with van der Waals surface area (Å²) < 4.78 is 5.23. The van der Waals surface area contributed by atoms with E-state index < -0.39 is 6.04 Å². The predicted molar refractivity (Wildman–Crippen MR) is 105 cm³/mol. The van der Waals surface area contributed by atoms with Crippen molar-refractivity contribution in [2.45, 2.75) is 39.2 Å². The summed E-state index contributed by atoms with van der Waals surface area (Å²) in [5.41, 5.74) is 0.868. The molecule has 0 bridgehead atoms. The number of nitrogens with zero attached hydrogens (tertiary/aromatic N) is 2. The van der Waals surface area contributed by atoms with Gasteiger partial charge in [0.05, 0.1) is 7.11 Å². The molecule has 0 unspecified atom stereocenters. The number of methoxy groups -OCH3 is 1. The lowest BCUT2D eigenvalue weighted by Crippen LogP contribution is -2.48. The van der Waals surface area contributed by atoms with Gasteiger partial charge in [-0.2, -0.15) is 0 Å². The fourth-order valence-corrected chi connectivity index (χ4v) is 3.39. The van der Waals surface area contributed by atoms with Crippen LogP contribution in [0.25, 0.3) is 10.6 Å². The number of aromatic nitrogens is 2. The number of hydrogen-bond acceptors (Lipinski definition) is 6. The van der Waals surface area contributed by atoms with E-state index in [0.29, 0.717) is 10.1 Å². The van der Waals surface area contributed by atoms with Gasteiger partial charge in [-0.15, -0.1) is 10.2 Å². The maximum Gasteiger partial charge on any atom is 0.249 e. The largest absolute Gasteiger partial charge is 0.497 e. The lowest BCUT2D eigenvalue weighted by Gasteiger charge is -2.22. The summed E-state index contributed by atoms with van der Waals surface area (Å²) in [4.78, 5) is 24.8. The standard InChI is InChI=1S/C19H24N4O3S/c1-4-11(2)15(20-16(24)12-8-9-12)17(25)21-19-23-22-18(27-19)13-6-5-7-14(10-13)26-3/h5-7,10-12,15H,4,8-9H2,1-3H3,(H,20,24)(H,21,23,25)/t11-,15+/m1/s1. The molecule has 2 N–H and O–H groups in total. The lowest BCUT2D eigenvalue weighted by molar-refractivity contribution is -0.128. The van der Waals surface area contributed by atoms with Gasteiger partial charge in [0.15, 0.2) is 0 Å². The molecule has 1 saturated carbocycles. The molecule has 3 rings (SSSR count). The molecule has 0 aliphatic heterocycles. The molecule has 0 spiro atoms. The van der Waals surface area contributed by atoms with E-state index in [1.807, 2.05) is 38.1 Å². The van der Waals surface area contributed by atoms with E-state index in [4.69, 9.17) is 4.74 Å². The van der Waals surface area contributed by atoms with Crippen molar-refractivity contribution in [3.63, 3.8) is 0 Å². The normalized spacial score (nSPS) is 15.7. The van der Waals surface area contributed by atoms with Crippen LogP contribution in [0.5, 0.6) is 5.75 Å². The van der Waals surface area contributed by atoms with E-state index in [9.17, 15) is 9.59 Å². The van der Waals surface area contributed by atoms with Crippen molar-refractivity contribution in [3.8, 4) is 16.3 Å². The number of rotatable bonds is 8. The third-order valence-electron chi connectivity index (χ3n) is 4.71. The van der Waals surface area contributed by atoms with Gasteiger partial charge in [-0.3, -0.25) is 14.9 Å². The van der Waals surface area contributed by atoms with Gasteiger partial charge >= 0.3 is 0 Å². The highest BCUT2D eigenvalue weighted by molar-refractivity contribution is 7.18. The Labute approximate surface area is 162 Å². The van der Waals surface area contributed by atoms with Crippen molar-refractivity contribution in [1.82, 2.24) is 15.5 Å². The molecule has 1 fully saturated rings. The molecular weight excluding hydrogens is 364 g/mol. The number of carbonyl (C=O) groups excluding carboxylic acids is 2. The number of carbonyl (C=O) groups is 2. The molecule has 1 aliphatic carbocycles. The van der Waals surface area contributed by atoms with Gasteiger partial charge in [0, 0.05) is 11.5 Å². The van der Waals surface area contributed by atoms with Crippen LogP contribution in [0.4, 0.5) is 5.13 Å². The molecule has 27 heavy (non-hydrogen) atoms. The van der Waals surface area contributed by atoms with Gasteiger partial charge in [-0.25, -0.2) is 0 Å². The Morgan fingerprint density at radius 1 is 1.33 bits per heavy atom. The van der Waals surface area contributed by atoms with Crippen molar-refractivity contribution in [2.24, 2.45) is 11.8 Å². The molecule has 1 aromatic carbocycles. The number of ether oxygens (including phenoxy) is 1. The Morgan fingerprint density at radius 3 is 2.78 bits per heavy atom. The van der Waals surface area contributed by atoms with Crippen molar-refractivity contribution in [2.75, 3.05) is 12.4 Å². The zero-order valence-electron chi connectivity index (χ0n) is 15.7.